The summed E-state index contributed by atoms with van der Waals surface area (Å²) in [5.41, 5.74) is 4.01. The van der Waals surface area contributed by atoms with Crippen LogP contribution in [0.1, 0.15) is 23.1 Å². The fraction of sp³-hybridized carbons (Fsp3) is 0.364. The van der Waals surface area contributed by atoms with E-state index in [1.54, 1.807) is 9.58 Å². The number of tetrazole rings is 1. The summed E-state index contributed by atoms with van der Waals surface area (Å²) in [5, 5.41) is 12.5. The Kier molecular flexibility index (Phi) is 6.61. The molecule has 0 unspecified atom stereocenters. The van der Waals surface area contributed by atoms with E-state index in [1.165, 1.54) is 11.8 Å². The van der Waals surface area contributed by atoms with Crippen LogP contribution in [0, 0.1) is 13.8 Å². The smallest absolute Gasteiger partial charge is 0.233 e. The van der Waals surface area contributed by atoms with Gasteiger partial charge in [-0.1, -0.05) is 59.8 Å². The number of benzene rings is 2. The van der Waals surface area contributed by atoms with Gasteiger partial charge in [0.25, 0.3) is 0 Å². The van der Waals surface area contributed by atoms with Gasteiger partial charge in [-0.3, -0.25) is 4.79 Å². The molecule has 4 rings (SSSR count). The number of sulfone groups is 1. The lowest BCUT2D eigenvalue weighted by Gasteiger charge is -2.28. The van der Waals surface area contributed by atoms with Crippen molar-refractivity contribution in [3.05, 3.63) is 65.2 Å². The van der Waals surface area contributed by atoms with Gasteiger partial charge in [0.1, 0.15) is 0 Å². The van der Waals surface area contributed by atoms with Crippen molar-refractivity contribution < 1.29 is 13.2 Å². The second-order valence-electron chi connectivity index (χ2n) is 8.02. The molecule has 1 fully saturated rings. The van der Waals surface area contributed by atoms with Crippen LogP contribution >= 0.6 is 11.8 Å². The lowest BCUT2D eigenvalue weighted by Crippen LogP contribution is -2.41. The first kappa shape index (κ1) is 22.5. The standard InChI is InChI=1S/C22H25N5O3S2/c1-16-8-9-20(17(2)12-16)27-22(23-24-25-27)31-14-21(28)26(13-18-6-4-3-5-7-18)19-10-11-32(29,30)15-19/h3-9,12,19H,10-11,13-15H2,1-2H3/t19-/m0/s1. The topological polar surface area (TPSA) is 98.1 Å². The number of hydrogen-bond donors (Lipinski definition) is 0. The molecular formula is C22H25N5O3S2. The Bertz CT molecular complexity index is 1210. The minimum absolute atomic E-state index is 0.0105. The first-order valence-corrected chi connectivity index (χ1v) is 13.2. The summed E-state index contributed by atoms with van der Waals surface area (Å²) in [4.78, 5) is 14.9. The van der Waals surface area contributed by atoms with E-state index >= 15 is 0 Å². The molecule has 32 heavy (non-hydrogen) atoms. The number of carbonyl (C=O) groups excluding carboxylic acids is 1. The van der Waals surface area contributed by atoms with E-state index < -0.39 is 9.84 Å². The highest BCUT2D eigenvalue weighted by atomic mass is 32.2. The fourth-order valence-electron chi connectivity index (χ4n) is 3.89. The predicted molar refractivity (Wildman–Crippen MR) is 123 cm³/mol. The fourth-order valence-corrected chi connectivity index (χ4v) is 6.40. The van der Waals surface area contributed by atoms with Crippen LogP contribution in [-0.2, 0) is 21.2 Å². The van der Waals surface area contributed by atoms with Crippen LogP contribution in [0.5, 0.6) is 0 Å². The number of nitrogens with zero attached hydrogens (tertiary/aromatic N) is 5. The van der Waals surface area contributed by atoms with Gasteiger partial charge in [-0.2, -0.15) is 4.68 Å². The molecule has 0 aliphatic carbocycles. The summed E-state index contributed by atoms with van der Waals surface area (Å²) in [6.45, 7) is 4.39. The molecule has 2 aromatic carbocycles. The Balaban J connectivity index is 1.51. The van der Waals surface area contributed by atoms with E-state index in [1.807, 2.05) is 56.3 Å². The maximum atomic E-state index is 13.2. The molecule has 0 spiro atoms. The Morgan fingerprint density at radius 1 is 1.19 bits per heavy atom. The van der Waals surface area contributed by atoms with Crippen molar-refractivity contribution in [2.24, 2.45) is 0 Å². The average molecular weight is 472 g/mol. The molecule has 1 aliphatic heterocycles. The normalized spacial score (nSPS) is 17.4. The Morgan fingerprint density at radius 3 is 2.66 bits per heavy atom. The number of rotatable bonds is 7. The monoisotopic (exact) mass is 471 g/mol. The van der Waals surface area contributed by atoms with Gasteiger partial charge in [0, 0.05) is 12.6 Å². The highest BCUT2D eigenvalue weighted by molar-refractivity contribution is 7.99. The Labute approximate surface area is 191 Å². The van der Waals surface area contributed by atoms with Crippen molar-refractivity contribution in [3.63, 3.8) is 0 Å². The van der Waals surface area contributed by atoms with Gasteiger partial charge in [-0.25, -0.2) is 8.42 Å². The molecule has 10 heteroatoms. The molecule has 8 nitrogen and oxygen atoms in total. The number of thioether (sulfide) groups is 1. The maximum Gasteiger partial charge on any atom is 0.233 e. The second kappa shape index (κ2) is 9.41. The Hall–Kier alpha value is -2.72. The van der Waals surface area contributed by atoms with Crippen molar-refractivity contribution in [3.8, 4) is 5.69 Å². The molecule has 168 valence electrons. The summed E-state index contributed by atoms with van der Waals surface area (Å²) < 4.78 is 25.7. The zero-order valence-corrected chi connectivity index (χ0v) is 19.6. The van der Waals surface area contributed by atoms with Crippen molar-refractivity contribution in [2.45, 2.75) is 38.0 Å². The van der Waals surface area contributed by atoms with Crippen molar-refractivity contribution in [1.29, 1.82) is 0 Å². The molecule has 0 bridgehead atoms. The third-order valence-electron chi connectivity index (χ3n) is 5.51. The SMILES string of the molecule is Cc1ccc(-n2nnnc2SCC(=O)N(Cc2ccccc2)[C@H]2CCS(=O)(=O)C2)c(C)c1. The third kappa shape index (κ3) is 5.18. The number of carbonyl (C=O) groups is 1. The van der Waals surface area contributed by atoms with Crippen LogP contribution in [0.25, 0.3) is 5.69 Å². The number of hydrogen-bond acceptors (Lipinski definition) is 7. The predicted octanol–water partition coefficient (Wildman–Crippen LogP) is 2.59. The van der Waals surface area contributed by atoms with Gasteiger partial charge in [0.15, 0.2) is 9.84 Å². The molecule has 3 aromatic rings. The van der Waals surface area contributed by atoms with E-state index in [-0.39, 0.29) is 29.2 Å². The summed E-state index contributed by atoms with van der Waals surface area (Å²) in [5.74, 6) is 0.121. The summed E-state index contributed by atoms with van der Waals surface area (Å²) >= 11 is 1.25. The minimum atomic E-state index is -3.11. The van der Waals surface area contributed by atoms with Gasteiger partial charge in [0.2, 0.25) is 11.1 Å². The number of aryl methyl sites for hydroxylation is 2. The molecule has 1 saturated heterocycles. The molecule has 0 N–H and O–H groups in total. The molecule has 1 atom stereocenters. The molecule has 0 saturated carbocycles. The Morgan fingerprint density at radius 2 is 1.97 bits per heavy atom. The van der Waals surface area contributed by atoms with Crippen LogP contribution < -0.4 is 0 Å². The lowest BCUT2D eigenvalue weighted by atomic mass is 10.1. The van der Waals surface area contributed by atoms with Crippen molar-refractivity contribution >= 4 is 27.5 Å². The van der Waals surface area contributed by atoms with E-state index in [9.17, 15) is 13.2 Å². The van der Waals surface area contributed by atoms with E-state index in [4.69, 9.17) is 0 Å². The highest BCUT2D eigenvalue weighted by Crippen LogP contribution is 2.25. The molecule has 1 aliphatic rings. The van der Waals surface area contributed by atoms with Crippen LogP contribution in [0.3, 0.4) is 0 Å². The van der Waals surface area contributed by atoms with Gasteiger partial charge in [-0.05, 0) is 47.9 Å². The highest BCUT2D eigenvalue weighted by Gasteiger charge is 2.34. The van der Waals surface area contributed by atoms with Crippen LogP contribution in [-0.4, -0.2) is 62.7 Å². The average Bonchev–Trinajstić information content (AvgIpc) is 3.37. The van der Waals surface area contributed by atoms with Crippen molar-refractivity contribution in [2.75, 3.05) is 17.3 Å². The van der Waals surface area contributed by atoms with Crippen LogP contribution in [0.4, 0.5) is 0 Å². The van der Waals surface area contributed by atoms with Crippen LogP contribution in [0.2, 0.25) is 0 Å². The van der Waals surface area contributed by atoms with E-state index in [0.717, 1.165) is 22.4 Å². The lowest BCUT2D eigenvalue weighted by molar-refractivity contribution is -0.130. The maximum absolute atomic E-state index is 13.2. The molecule has 1 aromatic heterocycles. The summed E-state index contributed by atoms with van der Waals surface area (Å²) in [7, 11) is -3.11. The molecule has 1 amide bonds. The third-order valence-corrected chi connectivity index (χ3v) is 8.17. The van der Waals surface area contributed by atoms with Gasteiger partial charge in [0.05, 0.1) is 22.9 Å². The van der Waals surface area contributed by atoms with Gasteiger partial charge < -0.3 is 4.90 Å². The zero-order chi connectivity index (χ0) is 22.7. The first-order valence-electron chi connectivity index (χ1n) is 10.3. The van der Waals surface area contributed by atoms with Crippen molar-refractivity contribution in [1.82, 2.24) is 25.1 Å². The second-order valence-corrected chi connectivity index (χ2v) is 11.2. The largest absolute Gasteiger partial charge is 0.334 e. The first-order chi connectivity index (χ1) is 15.3. The summed E-state index contributed by atoms with van der Waals surface area (Å²) in [6.07, 6.45) is 0.464. The minimum Gasteiger partial charge on any atom is -0.334 e. The van der Waals surface area contributed by atoms with E-state index in [2.05, 4.69) is 21.6 Å². The quantitative estimate of drug-likeness (QED) is 0.489. The molecule has 2 heterocycles. The van der Waals surface area contributed by atoms with Crippen LogP contribution in [0.15, 0.2) is 53.7 Å². The van der Waals surface area contributed by atoms with Gasteiger partial charge in [-0.15, -0.1) is 5.10 Å². The van der Waals surface area contributed by atoms with Gasteiger partial charge >= 0.3 is 0 Å². The molecule has 0 radical (unpaired) electrons. The number of amides is 1. The van der Waals surface area contributed by atoms with E-state index in [0.29, 0.717) is 18.1 Å². The number of aromatic nitrogens is 4. The molecular weight excluding hydrogens is 446 g/mol. The zero-order valence-electron chi connectivity index (χ0n) is 18.0. The summed E-state index contributed by atoms with van der Waals surface area (Å²) in [6, 6.07) is 15.3.